The second-order valence-electron chi connectivity index (χ2n) is 2.65. The molecule has 2 aromatic rings. The zero-order valence-corrected chi connectivity index (χ0v) is 7.88. The zero-order valence-electron chi connectivity index (χ0n) is 7.06. The van der Waals surface area contributed by atoms with Crippen LogP contribution in [0.4, 0.5) is 0 Å². The second-order valence-corrected chi connectivity index (χ2v) is 3.62. The summed E-state index contributed by atoms with van der Waals surface area (Å²) in [6.07, 6.45) is 3.56. The lowest BCUT2D eigenvalue weighted by Crippen LogP contribution is -2.10. The van der Waals surface area contributed by atoms with Gasteiger partial charge in [-0.3, -0.25) is 4.98 Å². The molecular weight excluding hydrogens is 184 g/mol. The Balaban J connectivity index is 1.76. The van der Waals surface area contributed by atoms with Crippen molar-refractivity contribution in [2.75, 3.05) is 0 Å². The van der Waals surface area contributed by atoms with Gasteiger partial charge in [0.2, 0.25) is 0 Å². The SMILES string of the molecule is c1coc(CNCc2cncs2)c1. The van der Waals surface area contributed by atoms with E-state index in [-0.39, 0.29) is 0 Å². The van der Waals surface area contributed by atoms with Gasteiger partial charge in [0.25, 0.3) is 0 Å². The fourth-order valence-electron chi connectivity index (χ4n) is 1.05. The maximum absolute atomic E-state index is 5.18. The smallest absolute Gasteiger partial charge is 0.117 e. The molecule has 2 rings (SSSR count). The fraction of sp³-hybridized carbons (Fsp3) is 0.222. The highest BCUT2D eigenvalue weighted by molar-refractivity contribution is 7.09. The maximum Gasteiger partial charge on any atom is 0.117 e. The zero-order chi connectivity index (χ0) is 8.93. The molecule has 2 heterocycles. The Bertz CT molecular complexity index is 294. The van der Waals surface area contributed by atoms with E-state index in [2.05, 4.69) is 10.3 Å². The van der Waals surface area contributed by atoms with Crippen LogP contribution < -0.4 is 5.32 Å². The molecule has 0 aromatic carbocycles. The Labute approximate surface area is 80.4 Å². The van der Waals surface area contributed by atoms with E-state index in [1.54, 1.807) is 17.6 Å². The molecule has 0 unspecified atom stereocenters. The first-order valence-corrected chi connectivity index (χ1v) is 4.93. The van der Waals surface area contributed by atoms with Crippen LogP contribution >= 0.6 is 11.3 Å². The minimum Gasteiger partial charge on any atom is -0.468 e. The van der Waals surface area contributed by atoms with Gasteiger partial charge in [0.05, 0.1) is 18.3 Å². The molecule has 2 aromatic heterocycles. The summed E-state index contributed by atoms with van der Waals surface area (Å²) in [4.78, 5) is 5.24. The van der Waals surface area contributed by atoms with Gasteiger partial charge in [-0.25, -0.2) is 0 Å². The summed E-state index contributed by atoms with van der Waals surface area (Å²) in [5, 5.41) is 3.27. The van der Waals surface area contributed by atoms with E-state index in [1.807, 2.05) is 23.8 Å². The van der Waals surface area contributed by atoms with E-state index in [1.165, 1.54) is 4.88 Å². The first kappa shape index (κ1) is 8.47. The van der Waals surface area contributed by atoms with Crippen LogP contribution in [0.25, 0.3) is 0 Å². The molecule has 13 heavy (non-hydrogen) atoms. The quantitative estimate of drug-likeness (QED) is 0.809. The minimum absolute atomic E-state index is 0.769. The average Bonchev–Trinajstić information content (AvgIpc) is 2.75. The third-order valence-corrected chi connectivity index (χ3v) is 2.44. The highest BCUT2D eigenvalue weighted by atomic mass is 32.1. The van der Waals surface area contributed by atoms with Gasteiger partial charge in [0.15, 0.2) is 0 Å². The molecule has 0 bridgehead atoms. The van der Waals surface area contributed by atoms with Crippen LogP contribution in [0, 0.1) is 0 Å². The number of hydrogen-bond acceptors (Lipinski definition) is 4. The first-order chi connectivity index (χ1) is 6.45. The molecule has 0 fully saturated rings. The molecular formula is C9H10N2OS. The van der Waals surface area contributed by atoms with Crippen LogP contribution in [0.5, 0.6) is 0 Å². The lowest BCUT2D eigenvalue weighted by atomic mass is 10.4. The second kappa shape index (κ2) is 4.20. The Morgan fingerprint density at radius 2 is 2.46 bits per heavy atom. The number of hydrogen-bond donors (Lipinski definition) is 1. The van der Waals surface area contributed by atoms with Crippen molar-refractivity contribution >= 4 is 11.3 Å². The van der Waals surface area contributed by atoms with E-state index in [0.29, 0.717) is 0 Å². The number of nitrogens with zero attached hydrogens (tertiary/aromatic N) is 1. The monoisotopic (exact) mass is 194 g/mol. The first-order valence-electron chi connectivity index (χ1n) is 4.05. The number of nitrogens with one attached hydrogen (secondary N) is 1. The van der Waals surface area contributed by atoms with Gasteiger partial charge in [-0.15, -0.1) is 11.3 Å². The third-order valence-electron chi connectivity index (χ3n) is 1.66. The van der Waals surface area contributed by atoms with Crippen molar-refractivity contribution in [2.24, 2.45) is 0 Å². The summed E-state index contributed by atoms with van der Waals surface area (Å²) in [6.45, 7) is 1.62. The standard InChI is InChI=1S/C9H10N2OS/c1-2-8(12-3-1)4-10-5-9-6-11-7-13-9/h1-3,6-7,10H,4-5H2. The molecule has 0 aliphatic rings. The van der Waals surface area contributed by atoms with Gasteiger partial charge in [-0.1, -0.05) is 0 Å². The van der Waals surface area contributed by atoms with Gasteiger partial charge < -0.3 is 9.73 Å². The average molecular weight is 194 g/mol. The topological polar surface area (TPSA) is 38.1 Å². The van der Waals surface area contributed by atoms with Crippen LogP contribution in [0.15, 0.2) is 34.5 Å². The third kappa shape index (κ3) is 2.40. The molecule has 0 amide bonds. The van der Waals surface area contributed by atoms with Crippen LogP contribution in [-0.4, -0.2) is 4.98 Å². The highest BCUT2D eigenvalue weighted by Crippen LogP contribution is 2.05. The number of thiazole rings is 1. The Morgan fingerprint density at radius 3 is 3.15 bits per heavy atom. The van der Waals surface area contributed by atoms with Crippen LogP contribution in [0.3, 0.4) is 0 Å². The molecule has 0 spiro atoms. The van der Waals surface area contributed by atoms with E-state index in [9.17, 15) is 0 Å². The summed E-state index contributed by atoms with van der Waals surface area (Å²) < 4.78 is 5.18. The van der Waals surface area contributed by atoms with Gasteiger partial charge in [-0.05, 0) is 12.1 Å². The van der Waals surface area contributed by atoms with Crippen molar-refractivity contribution in [3.8, 4) is 0 Å². The predicted octanol–water partition coefficient (Wildman–Crippen LogP) is 2.03. The molecule has 0 atom stereocenters. The fourth-order valence-corrected chi connectivity index (χ4v) is 1.62. The molecule has 4 heteroatoms. The van der Waals surface area contributed by atoms with E-state index in [0.717, 1.165) is 18.8 Å². The van der Waals surface area contributed by atoms with Crippen molar-refractivity contribution in [1.82, 2.24) is 10.3 Å². The van der Waals surface area contributed by atoms with Gasteiger partial charge in [0.1, 0.15) is 5.76 Å². The van der Waals surface area contributed by atoms with Crippen molar-refractivity contribution in [2.45, 2.75) is 13.1 Å². The molecule has 1 N–H and O–H groups in total. The summed E-state index contributed by atoms with van der Waals surface area (Å²) in [6, 6.07) is 3.85. The van der Waals surface area contributed by atoms with E-state index in [4.69, 9.17) is 4.42 Å². The molecule has 0 aliphatic heterocycles. The van der Waals surface area contributed by atoms with Crippen molar-refractivity contribution in [3.05, 3.63) is 40.7 Å². The normalized spacial score (nSPS) is 10.5. The van der Waals surface area contributed by atoms with Gasteiger partial charge in [-0.2, -0.15) is 0 Å². The van der Waals surface area contributed by atoms with Crippen LogP contribution in [-0.2, 0) is 13.1 Å². The van der Waals surface area contributed by atoms with Gasteiger partial charge in [0, 0.05) is 17.6 Å². The Hall–Kier alpha value is -1.13. The van der Waals surface area contributed by atoms with E-state index < -0.39 is 0 Å². The molecule has 68 valence electrons. The summed E-state index contributed by atoms with van der Waals surface area (Å²) in [5.74, 6) is 0.963. The van der Waals surface area contributed by atoms with Crippen LogP contribution in [0.2, 0.25) is 0 Å². The summed E-state index contributed by atoms with van der Waals surface area (Å²) >= 11 is 1.66. The molecule has 0 aliphatic carbocycles. The van der Waals surface area contributed by atoms with Crippen molar-refractivity contribution in [3.63, 3.8) is 0 Å². The Morgan fingerprint density at radius 1 is 1.46 bits per heavy atom. The molecule has 0 saturated heterocycles. The highest BCUT2D eigenvalue weighted by Gasteiger charge is 1.96. The maximum atomic E-state index is 5.18. The predicted molar refractivity (Wildman–Crippen MR) is 51.4 cm³/mol. The number of furan rings is 1. The summed E-state index contributed by atoms with van der Waals surface area (Å²) in [5.41, 5.74) is 1.84. The summed E-state index contributed by atoms with van der Waals surface area (Å²) in [7, 11) is 0. The molecule has 0 saturated carbocycles. The Kier molecular flexibility index (Phi) is 2.74. The lowest BCUT2D eigenvalue weighted by molar-refractivity contribution is 0.483. The molecule has 0 radical (unpaired) electrons. The van der Waals surface area contributed by atoms with Crippen molar-refractivity contribution in [1.29, 1.82) is 0 Å². The van der Waals surface area contributed by atoms with Crippen molar-refractivity contribution < 1.29 is 4.42 Å². The van der Waals surface area contributed by atoms with Crippen LogP contribution in [0.1, 0.15) is 10.6 Å². The molecule has 3 nitrogen and oxygen atoms in total. The number of aromatic nitrogens is 1. The number of rotatable bonds is 4. The minimum atomic E-state index is 0.769. The largest absolute Gasteiger partial charge is 0.468 e. The van der Waals surface area contributed by atoms with E-state index >= 15 is 0 Å². The van der Waals surface area contributed by atoms with Gasteiger partial charge >= 0.3 is 0 Å². The lowest BCUT2D eigenvalue weighted by Gasteiger charge is -1.98.